The predicted octanol–water partition coefficient (Wildman–Crippen LogP) is 1.44. The van der Waals surface area contributed by atoms with Crippen LogP contribution in [-0.4, -0.2) is 31.0 Å². The molecule has 0 aromatic heterocycles. The van der Waals surface area contributed by atoms with Gasteiger partial charge in [-0.25, -0.2) is 4.79 Å². The normalized spacial score (nSPS) is 26.6. The predicted molar refractivity (Wildman–Crippen MR) is 40.5 cm³/mol. The zero-order valence-electron chi connectivity index (χ0n) is 7.43. The van der Waals surface area contributed by atoms with Crippen LogP contribution in [0.5, 0.6) is 0 Å². The molecule has 3 nitrogen and oxygen atoms in total. The van der Waals surface area contributed by atoms with Gasteiger partial charge in [0.1, 0.15) is 0 Å². The Kier molecular flexibility index (Phi) is 2.84. The van der Waals surface area contributed by atoms with Gasteiger partial charge in [0.25, 0.3) is 5.60 Å². The van der Waals surface area contributed by atoms with Crippen molar-refractivity contribution in [3.8, 4) is 0 Å². The Hall–Kier alpha value is -1.04. The number of hydrogen-bond donors (Lipinski definition) is 0. The molecule has 0 spiro atoms. The van der Waals surface area contributed by atoms with E-state index in [2.05, 4.69) is 9.47 Å². The molecule has 0 amide bonds. The lowest BCUT2D eigenvalue weighted by atomic mass is 10.0. The quantitative estimate of drug-likeness (QED) is 0.511. The highest BCUT2D eigenvalue weighted by Gasteiger charge is 2.62. The molecule has 1 atom stereocenters. The van der Waals surface area contributed by atoms with E-state index in [9.17, 15) is 18.0 Å². The minimum Gasteiger partial charge on any atom is -0.463 e. The summed E-state index contributed by atoms with van der Waals surface area (Å²) in [5.74, 6) is -1.42. The molecule has 1 aliphatic rings. The summed E-state index contributed by atoms with van der Waals surface area (Å²) in [5, 5.41) is 0. The molecule has 0 fully saturated rings. The van der Waals surface area contributed by atoms with Crippen molar-refractivity contribution < 1.29 is 27.4 Å². The zero-order chi connectivity index (χ0) is 10.8. The van der Waals surface area contributed by atoms with Crippen molar-refractivity contribution in [1.82, 2.24) is 0 Å². The third-order valence-corrected chi connectivity index (χ3v) is 1.76. The SMILES string of the molecule is CCOC(=O)C1(C(F)(F)F)C=CCO1. The molecule has 0 bridgehead atoms. The Morgan fingerprint density at radius 1 is 1.64 bits per heavy atom. The average Bonchev–Trinajstić information content (AvgIpc) is 2.51. The van der Waals surface area contributed by atoms with E-state index in [4.69, 9.17) is 0 Å². The van der Waals surface area contributed by atoms with Gasteiger partial charge in [0, 0.05) is 0 Å². The maximum Gasteiger partial charge on any atom is 0.432 e. The Labute approximate surface area is 78.5 Å². The molecule has 0 aromatic rings. The van der Waals surface area contributed by atoms with Crippen molar-refractivity contribution in [1.29, 1.82) is 0 Å². The molecular weight excluding hydrogens is 201 g/mol. The van der Waals surface area contributed by atoms with Crippen LogP contribution in [-0.2, 0) is 14.3 Å². The summed E-state index contributed by atoms with van der Waals surface area (Å²) in [4.78, 5) is 11.1. The molecular formula is C8H9F3O3. The van der Waals surface area contributed by atoms with Crippen LogP contribution in [0.1, 0.15) is 6.92 Å². The molecule has 1 rings (SSSR count). The van der Waals surface area contributed by atoms with Crippen molar-refractivity contribution >= 4 is 5.97 Å². The highest BCUT2D eigenvalue weighted by Crippen LogP contribution is 2.38. The molecule has 80 valence electrons. The summed E-state index contributed by atoms with van der Waals surface area (Å²) in [7, 11) is 0. The van der Waals surface area contributed by atoms with E-state index in [1.807, 2.05) is 0 Å². The van der Waals surface area contributed by atoms with E-state index >= 15 is 0 Å². The Morgan fingerprint density at radius 3 is 2.64 bits per heavy atom. The number of ether oxygens (including phenoxy) is 2. The average molecular weight is 210 g/mol. The van der Waals surface area contributed by atoms with E-state index in [0.717, 1.165) is 6.08 Å². The first-order valence-corrected chi connectivity index (χ1v) is 3.99. The third kappa shape index (κ3) is 1.61. The van der Waals surface area contributed by atoms with Gasteiger partial charge in [-0.2, -0.15) is 13.2 Å². The summed E-state index contributed by atoms with van der Waals surface area (Å²) in [6, 6.07) is 0. The molecule has 1 unspecified atom stereocenters. The molecule has 14 heavy (non-hydrogen) atoms. The van der Waals surface area contributed by atoms with Gasteiger partial charge in [-0.3, -0.25) is 0 Å². The fourth-order valence-corrected chi connectivity index (χ4v) is 1.10. The smallest absolute Gasteiger partial charge is 0.432 e. The van der Waals surface area contributed by atoms with Crippen molar-refractivity contribution in [2.75, 3.05) is 13.2 Å². The lowest BCUT2D eigenvalue weighted by Gasteiger charge is -2.26. The van der Waals surface area contributed by atoms with Gasteiger partial charge >= 0.3 is 12.1 Å². The largest absolute Gasteiger partial charge is 0.463 e. The highest BCUT2D eigenvalue weighted by molar-refractivity contribution is 5.83. The van der Waals surface area contributed by atoms with Gasteiger partial charge in [-0.15, -0.1) is 0 Å². The summed E-state index contributed by atoms with van der Waals surface area (Å²) in [6.45, 7) is 1.08. The molecule has 0 saturated heterocycles. The van der Waals surface area contributed by atoms with Gasteiger partial charge in [0.15, 0.2) is 0 Å². The Morgan fingerprint density at radius 2 is 2.29 bits per heavy atom. The summed E-state index contributed by atoms with van der Waals surface area (Å²) < 4.78 is 46.3. The second kappa shape index (κ2) is 3.61. The number of hydrogen-bond acceptors (Lipinski definition) is 3. The van der Waals surface area contributed by atoms with Crippen LogP contribution >= 0.6 is 0 Å². The van der Waals surface area contributed by atoms with Crippen molar-refractivity contribution in [2.24, 2.45) is 0 Å². The number of rotatable bonds is 2. The fourth-order valence-electron chi connectivity index (χ4n) is 1.10. The summed E-state index contributed by atoms with van der Waals surface area (Å²) >= 11 is 0. The highest BCUT2D eigenvalue weighted by atomic mass is 19.4. The Bertz CT molecular complexity index is 259. The monoisotopic (exact) mass is 210 g/mol. The maximum absolute atomic E-state index is 12.5. The minimum absolute atomic E-state index is 0.117. The maximum atomic E-state index is 12.5. The van der Waals surface area contributed by atoms with E-state index in [-0.39, 0.29) is 13.2 Å². The van der Waals surface area contributed by atoms with Crippen LogP contribution in [0, 0.1) is 0 Å². The van der Waals surface area contributed by atoms with Crippen LogP contribution in [0.4, 0.5) is 13.2 Å². The second-order valence-corrected chi connectivity index (χ2v) is 2.67. The third-order valence-electron chi connectivity index (χ3n) is 1.76. The van der Waals surface area contributed by atoms with Gasteiger partial charge in [0.05, 0.1) is 13.2 Å². The van der Waals surface area contributed by atoms with Crippen LogP contribution in [0.15, 0.2) is 12.2 Å². The van der Waals surface area contributed by atoms with Crippen LogP contribution in [0.25, 0.3) is 0 Å². The number of carbonyl (C=O) groups excluding carboxylic acids is 1. The number of halogens is 3. The van der Waals surface area contributed by atoms with E-state index < -0.39 is 17.7 Å². The molecule has 6 heteroatoms. The van der Waals surface area contributed by atoms with Crippen LogP contribution in [0.3, 0.4) is 0 Å². The van der Waals surface area contributed by atoms with Gasteiger partial charge < -0.3 is 9.47 Å². The molecule has 0 N–H and O–H groups in total. The van der Waals surface area contributed by atoms with E-state index in [0.29, 0.717) is 6.08 Å². The summed E-state index contributed by atoms with van der Waals surface area (Å²) in [6.07, 6.45) is -2.96. The summed E-state index contributed by atoms with van der Waals surface area (Å²) in [5.41, 5.74) is -2.90. The minimum atomic E-state index is -4.79. The lowest BCUT2D eigenvalue weighted by molar-refractivity contribution is -0.253. The topological polar surface area (TPSA) is 35.5 Å². The molecule has 0 aliphatic carbocycles. The zero-order valence-corrected chi connectivity index (χ0v) is 7.43. The molecule has 0 radical (unpaired) electrons. The lowest BCUT2D eigenvalue weighted by Crippen LogP contribution is -2.51. The number of esters is 1. The first-order chi connectivity index (χ1) is 6.44. The standard InChI is InChI=1S/C8H9F3O3/c1-2-13-6(12)7(8(9,10)11)4-3-5-14-7/h3-4H,2,5H2,1H3. The molecule has 1 heterocycles. The van der Waals surface area contributed by atoms with Crippen molar-refractivity contribution in [3.63, 3.8) is 0 Å². The molecule has 1 aliphatic heterocycles. The van der Waals surface area contributed by atoms with Crippen molar-refractivity contribution in [3.05, 3.63) is 12.2 Å². The van der Waals surface area contributed by atoms with Crippen molar-refractivity contribution in [2.45, 2.75) is 18.7 Å². The second-order valence-electron chi connectivity index (χ2n) is 2.67. The van der Waals surface area contributed by atoms with Crippen LogP contribution in [0.2, 0.25) is 0 Å². The Balaban J connectivity index is 2.94. The van der Waals surface area contributed by atoms with Gasteiger partial charge in [0.2, 0.25) is 0 Å². The van der Waals surface area contributed by atoms with E-state index in [1.54, 1.807) is 0 Å². The van der Waals surface area contributed by atoms with E-state index in [1.165, 1.54) is 6.92 Å². The number of alkyl halides is 3. The van der Waals surface area contributed by atoms with Gasteiger partial charge in [-0.05, 0) is 13.0 Å². The van der Waals surface area contributed by atoms with Gasteiger partial charge in [-0.1, -0.05) is 6.08 Å². The molecule has 0 aromatic carbocycles. The van der Waals surface area contributed by atoms with Crippen LogP contribution < -0.4 is 0 Å². The first-order valence-electron chi connectivity index (χ1n) is 3.99. The first kappa shape index (κ1) is 11.0. The number of carbonyl (C=O) groups is 1. The fraction of sp³-hybridized carbons (Fsp3) is 0.625. The molecule has 0 saturated carbocycles.